The van der Waals surface area contributed by atoms with Gasteiger partial charge in [-0.15, -0.1) is 11.3 Å². The second-order valence-corrected chi connectivity index (χ2v) is 7.99. The zero-order valence-corrected chi connectivity index (χ0v) is 12.2. The van der Waals surface area contributed by atoms with Gasteiger partial charge >= 0.3 is 0 Å². The molecule has 18 heavy (non-hydrogen) atoms. The van der Waals surface area contributed by atoms with Crippen molar-refractivity contribution in [1.82, 2.24) is 14.1 Å². The van der Waals surface area contributed by atoms with Crippen molar-refractivity contribution in [2.75, 3.05) is 0 Å². The maximum atomic E-state index is 12.3. The topological polar surface area (TPSA) is 63.5 Å². The summed E-state index contributed by atoms with van der Waals surface area (Å²) < 4.78 is 28.8. The van der Waals surface area contributed by atoms with Crippen molar-refractivity contribution in [3.63, 3.8) is 0 Å². The van der Waals surface area contributed by atoms with Crippen molar-refractivity contribution in [2.24, 2.45) is 5.41 Å². The van der Waals surface area contributed by atoms with E-state index in [2.05, 4.69) is 9.71 Å². The minimum Gasteiger partial charge on any atom is -0.279 e. The van der Waals surface area contributed by atoms with E-state index >= 15 is 0 Å². The fraction of sp³-hybridized carbons (Fsp3) is 0.500. The number of rotatable bonds is 3. The third-order valence-electron chi connectivity index (χ3n) is 3.24. The van der Waals surface area contributed by atoms with E-state index in [4.69, 9.17) is 11.6 Å². The highest BCUT2D eigenvalue weighted by molar-refractivity contribution is 7.89. The zero-order valence-electron chi connectivity index (χ0n) is 9.84. The number of aromatic nitrogens is 2. The Hall–Kier alpha value is -0.630. The highest BCUT2D eigenvalue weighted by atomic mass is 35.5. The third-order valence-corrected chi connectivity index (χ3v) is 5.87. The lowest BCUT2D eigenvalue weighted by Crippen LogP contribution is -2.29. The van der Waals surface area contributed by atoms with Gasteiger partial charge in [0.15, 0.2) is 15.1 Å². The van der Waals surface area contributed by atoms with Gasteiger partial charge in [-0.2, -0.15) is 0 Å². The van der Waals surface area contributed by atoms with Gasteiger partial charge in [0.1, 0.15) is 0 Å². The van der Waals surface area contributed by atoms with Gasteiger partial charge < -0.3 is 0 Å². The second-order valence-electron chi connectivity index (χ2n) is 5.13. The molecule has 0 bridgehead atoms. The minimum atomic E-state index is -3.63. The normalized spacial score (nSPS) is 22.5. The highest BCUT2D eigenvalue weighted by Gasteiger charge is 2.48. The molecule has 3 rings (SSSR count). The Morgan fingerprint density at radius 3 is 2.89 bits per heavy atom. The molecule has 1 atom stereocenters. The molecule has 0 aliphatic heterocycles. The van der Waals surface area contributed by atoms with Crippen molar-refractivity contribution in [3.8, 4) is 0 Å². The average molecular weight is 306 g/mol. The molecule has 1 saturated carbocycles. The molecule has 2 aromatic rings. The van der Waals surface area contributed by atoms with Gasteiger partial charge in [0.05, 0.1) is 0 Å². The Morgan fingerprint density at radius 1 is 1.61 bits per heavy atom. The maximum Gasteiger partial charge on any atom is 0.260 e. The second kappa shape index (κ2) is 3.69. The van der Waals surface area contributed by atoms with Crippen molar-refractivity contribution in [1.29, 1.82) is 0 Å². The molecule has 1 fully saturated rings. The lowest BCUT2D eigenvalue weighted by Gasteiger charge is -2.07. The van der Waals surface area contributed by atoms with Crippen LogP contribution in [0.4, 0.5) is 0 Å². The van der Waals surface area contributed by atoms with Gasteiger partial charge in [0.25, 0.3) is 10.0 Å². The van der Waals surface area contributed by atoms with Crippen molar-refractivity contribution in [2.45, 2.75) is 31.3 Å². The summed E-state index contributed by atoms with van der Waals surface area (Å²) >= 11 is 7.27. The fourth-order valence-electron chi connectivity index (χ4n) is 1.89. The molecule has 0 radical (unpaired) electrons. The standard InChI is InChI=1S/C10H12ClN3O2S2/c1-10(2)5-6(10)13-18(15,16)8-7(11)12-9-14(8)3-4-17-9/h3-4,6,13H,5H2,1-2H3. The first-order valence-electron chi connectivity index (χ1n) is 5.45. The molecule has 98 valence electrons. The molecule has 8 heteroatoms. The molecule has 5 nitrogen and oxygen atoms in total. The molecule has 1 aliphatic carbocycles. The van der Waals surface area contributed by atoms with E-state index < -0.39 is 10.0 Å². The van der Waals surface area contributed by atoms with Crippen LogP contribution in [0, 0.1) is 5.41 Å². The summed E-state index contributed by atoms with van der Waals surface area (Å²) in [5, 5.41) is 1.83. The van der Waals surface area contributed by atoms with Crippen molar-refractivity contribution < 1.29 is 8.42 Å². The van der Waals surface area contributed by atoms with Crippen LogP contribution in [0.25, 0.3) is 4.96 Å². The van der Waals surface area contributed by atoms with Gasteiger partial charge in [-0.3, -0.25) is 4.40 Å². The van der Waals surface area contributed by atoms with Gasteiger partial charge in [-0.05, 0) is 11.8 Å². The number of halogens is 1. The van der Waals surface area contributed by atoms with E-state index in [0.29, 0.717) is 4.96 Å². The molecule has 0 amide bonds. The van der Waals surface area contributed by atoms with E-state index in [0.717, 1.165) is 6.42 Å². The summed E-state index contributed by atoms with van der Waals surface area (Å²) in [7, 11) is -3.63. The molecule has 2 aromatic heterocycles. The summed E-state index contributed by atoms with van der Waals surface area (Å²) in [5.41, 5.74) is 0.0258. The summed E-state index contributed by atoms with van der Waals surface area (Å²) in [4.78, 5) is 4.61. The molecular weight excluding hydrogens is 294 g/mol. The largest absolute Gasteiger partial charge is 0.279 e. The van der Waals surface area contributed by atoms with Crippen LogP contribution >= 0.6 is 22.9 Å². The Kier molecular flexibility index (Phi) is 2.54. The van der Waals surface area contributed by atoms with Crippen LogP contribution in [-0.4, -0.2) is 23.8 Å². The molecule has 0 saturated heterocycles. The van der Waals surface area contributed by atoms with E-state index in [1.54, 1.807) is 11.6 Å². The smallest absolute Gasteiger partial charge is 0.260 e. The Bertz CT molecular complexity index is 717. The van der Waals surface area contributed by atoms with Crippen LogP contribution in [0.2, 0.25) is 5.15 Å². The summed E-state index contributed by atoms with van der Waals surface area (Å²) in [6, 6.07) is -0.0252. The van der Waals surface area contributed by atoms with Crippen molar-refractivity contribution >= 4 is 37.9 Å². The summed E-state index contributed by atoms with van der Waals surface area (Å²) in [6.07, 6.45) is 2.50. The fourth-order valence-corrected chi connectivity index (χ4v) is 4.75. The zero-order chi connectivity index (χ0) is 13.1. The van der Waals surface area contributed by atoms with Crippen LogP contribution in [0.3, 0.4) is 0 Å². The number of imidazole rings is 1. The van der Waals surface area contributed by atoms with E-state index in [9.17, 15) is 8.42 Å². The highest BCUT2D eigenvalue weighted by Crippen LogP contribution is 2.45. The first-order valence-corrected chi connectivity index (χ1v) is 8.19. The predicted molar refractivity (Wildman–Crippen MR) is 70.6 cm³/mol. The quantitative estimate of drug-likeness (QED) is 0.945. The Labute approximate surface area is 114 Å². The van der Waals surface area contributed by atoms with Gasteiger partial charge in [0.2, 0.25) is 0 Å². The number of sulfonamides is 1. The van der Waals surface area contributed by atoms with Crippen LogP contribution in [-0.2, 0) is 10.0 Å². The summed E-state index contributed by atoms with van der Waals surface area (Å²) in [5.74, 6) is 0. The number of thiazole rings is 1. The van der Waals surface area contributed by atoms with Crippen LogP contribution in [0.5, 0.6) is 0 Å². The number of hydrogen-bond donors (Lipinski definition) is 1. The molecule has 1 unspecified atom stereocenters. The van der Waals surface area contributed by atoms with Crippen LogP contribution in [0.15, 0.2) is 16.6 Å². The minimum absolute atomic E-state index is 0.0211. The lowest BCUT2D eigenvalue weighted by molar-refractivity contribution is 0.551. The molecular formula is C10H12ClN3O2S2. The Balaban J connectivity index is 2.03. The average Bonchev–Trinajstić information content (AvgIpc) is 2.62. The first-order chi connectivity index (χ1) is 8.31. The van der Waals surface area contributed by atoms with Gasteiger partial charge in [-0.1, -0.05) is 25.4 Å². The van der Waals surface area contributed by atoms with E-state index in [-0.39, 0.29) is 21.6 Å². The first kappa shape index (κ1) is 12.4. The number of fused-ring (bicyclic) bond motifs is 1. The molecule has 2 heterocycles. The van der Waals surface area contributed by atoms with Crippen LogP contribution < -0.4 is 4.72 Å². The number of hydrogen-bond acceptors (Lipinski definition) is 4. The Morgan fingerprint density at radius 2 is 2.28 bits per heavy atom. The predicted octanol–water partition coefficient (Wildman–Crippen LogP) is 2.13. The number of nitrogens with zero attached hydrogens (tertiary/aromatic N) is 2. The van der Waals surface area contributed by atoms with Crippen LogP contribution in [0.1, 0.15) is 20.3 Å². The van der Waals surface area contributed by atoms with Gasteiger partial charge in [0, 0.05) is 17.6 Å². The summed E-state index contributed by atoms with van der Waals surface area (Å²) in [6.45, 7) is 4.05. The van der Waals surface area contributed by atoms with E-state index in [1.807, 2.05) is 13.8 Å². The van der Waals surface area contributed by atoms with Gasteiger partial charge in [-0.25, -0.2) is 18.1 Å². The lowest BCUT2D eigenvalue weighted by atomic mass is 10.2. The van der Waals surface area contributed by atoms with E-state index in [1.165, 1.54) is 15.7 Å². The third kappa shape index (κ3) is 1.85. The molecule has 0 spiro atoms. The molecule has 0 aromatic carbocycles. The van der Waals surface area contributed by atoms with Crippen molar-refractivity contribution in [3.05, 3.63) is 16.7 Å². The molecule has 1 aliphatic rings. The monoisotopic (exact) mass is 305 g/mol. The number of nitrogens with one attached hydrogen (secondary N) is 1. The molecule has 1 N–H and O–H groups in total. The SMILES string of the molecule is CC1(C)CC1NS(=O)(=O)c1c(Cl)nc2sccn12. The maximum absolute atomic E-state index is 12.3.